The van der Waals surface area contributed by atoms with E-state index in [4.69, 9.17) is 0 Å². The average Bonchev–Trinajstić information content (AvgIpc) is 2.48. The molecule has 74 valence electrons. The molecule has 0 spiro atoms. The largest absolute Gasteiger partial charge is 0.344 e. The highest BCUT2D eigenvalue weighted by molar-refractivity contribution is 5.00. The van der Waals surface area contributed by atoms with Gasteiger partial charge < -0.3 is 15.2 Å². The second-order valence-corrected chi connectivity index (χ2v) is 3.37. The molecule has 0 aliphatic heterocycles. The molecule has 0 fully saturated rings. The van der Waals surface area contributed by atoms with Crippen molar-refractivity contribution in [2.24, 2.45) is 0 Å². The number of nitrogens with zero attached hydrogens (tertiary/aromatic N) is 2. The Kier molecular flexibility index (Phi) is 3.92. The summed E-state index contributed by atoms with van der Waals surface area (Å²) in [5, 5.41) is 3.25. The number of aromatic amines is 1. The fourth-order valence-electron chi connectivity index (χ4n) is 1.14. The predicted molar refractivity (Wildman–Crippen MR) is 53.4 cm³/mol. The Labute approximate surface area is 79.4 Å². The topological polar surface area (TPSA) is 44.0 Å². The van der Waals surface area contributed by atoms with Crippen LogP contribution in [0.4, 0.5) is 0 Å². The van der Waals surface area contributed by atoms with Crippen molar-refractivity contribution in [2.75, 3.05) is 20.6 Å². The van der Waals surface area contributed by atoms with Gasteiger partial charge >= 0.3 is 0 Å². The Morgan fingerprint density at radius 1 is 1.54 bits per heavy atom. The first kappa shape index (κ1) is 10.2. The Morgan fingerprint density at radius 3 is 2.92 bits per heavy atom. The van der Waals surface area contributed by atoms with E-state index in [1.54, 1.807) is 0 Å². The van der Waals surface area contributed by atoms with Crippen molar-refractivity contribution in [3.05, 3.63) is 17.7 Å². The third-order valence-corrected chi connectivity index (χ3v) is 1.71. The molecule has 0 amide bonds. The van der Waals surface area contributed by atoms with E-state index in [1.165, 1.54) is 0 Å². The number of aromatic nitrogens is 2. The van der Waals surface area contributed by atoms with Crippen LogP contribution in [0.15, 0.2) is 6.20 Å². The summed E-state index contributed by atoms with van der Waals surface area (Å²) in [5.41, 5.74) is 1.15. The Hall–Kier alpha value is -0.870. The molecule has 0 aliphatic carbocycles. The maximum atomic E-state index is 4.27. The van der Waals surface area contributed by atoms with Crippen LogP contribution in [0, 0.1) is 0 Å². The second kappa shape index (κ2) is 4.99. The van der Waals surface area contributed by atoms with Crippen molar-refractivity contribution in [3.8, 4) is 0 Å². The normalized spacial score (nSPS) is 11.1. The minimum atomic E-state index is 0.867. The summed E-state index contributed by atoms with van der Waals surface area (Å²) in [7, 11) is 4.07. The smallest absolute Gasteiger partial charge is 0.120 e. The van der Waals surface area contributed by atoms with Crippen molar-refractivity contribution in [1.29, 1.82) is 0 Å². The van der Waals surface area contributed by atoms with Crippen molar-refractivity contribution in [3.63, 3.8) is 0 Å². The molecular formula is C9H18N4. The zero-order valence-corrected chi connectivity index (χ0v) is 8.59. The minimum Gasteiger partial charge on any atom is -0.344 e. The van der Waals surface area contributed by atoms with Gasteiger partial charge in [-0.2, -0.15) is 0 Å². The van der Waals surface area contributed by atoms with Gasteiger partial charge in [-0.1, -0.05) is 6.92 Å². The lowest BCUT2D eigenvalue weighted by molar-refractivity contribution is 0.391. The number of H-pyrrole nitrogens is 1. The molecule has 4 nitrogen and oxygen atoms in total. The van der Waals surface area contributed by atoms with Crippen LogP contribution in [0.1, 0.15) is 18.4 Å². The maximum Gasteiger partial charge on any atom is 0.120 e. The molecule has 2 N–H and O–H groups in total. The monoisotopic (exact) mass is 182 g/mol. The van der Waals surface area contributed by atoms with Gasteiger partial charge in [0.05, 0.1) is 6.54 Å². The molecule has 0 aromatic carbocycles. The highest BCUT2D eigenvalue weighted by atomic mass is 15.1. The molecular weight excluding hydrogens is 164 g/mol. The highest BCUT2D eigenvalue weighted by Crippen LogP contribution is 1.98. The van der Waals surface area contributed by atoms with Gasteiger partial charge in [-0.3, -0.25) is 0 Å². The summed E-state index contributed by atoms with van der Waals surface area (Å²) in [6.07, 6.45) is 1.89. The lowest BCUT2D eigenvalue weighted by Crippen LogP contribution is -2.13. The molecule has 1 aromatic heterocycles. The number of imidazole rings is 1. The quantitative estimate of drug-likeness (QED) is 0.700. The lowest BCUT2D eigenvalue weighted by Gasteiger charge is -2.05. The molecule has 0 saturated carbocycles. The first-order valence-electron chi connectivity index (χ1n) is 4.60. The van der Waals surface area contributed by atoms with Gasteiger partial charge in [0.1, 0.15) is 5.82 Å². The zero-order valence-electron chi connectivity index (χ0n) is 8.59. The molecule has 0 bridgehead atoms. The van der Waals surface area contributed by atoms with Crippen LogP contribution in [-0.2, 0) is 13.1 Å². The van der Waals surface area contributed by atoms with E-state index in [2.05, 4.69) is 27.1 Å². The fourth-order valence-corrected chi connectivity index (χ4v) is 1.14. The molecule has 1 aromatic rings. The van der Waals surface area contributed by atoms with E-state index in [1.807, 2.05) is 20.3 Å². The molecule has 0 radical (unpaired) electrons. The van der Waals surface area contributed by atoms with Crippen LogP contribution in [0.5, 0.6) is 0 Å². The molecule has 4 heteroatoms. The van der Waals surface area contributed by atoms with Crippen LogP contribution < -0.4 is 5.32 Å². The second-order valence-electron chi connectivity index (χ2n) is 3.37. The van der Waals surface area contributed by atoms with Crippen molar-refractivity contribution in [1.82, 2.24) is 20.2 Å². The molecule has 13 heavy (non-hydrogen) atoms. The van der Waals surface area contributed by atoms with E-state index in [9.17, 15) is 0 Å². The number of nitrogens with one attached hydrogen (secondary N) is 2. The predicted octanol–water partition coefficient (Wildman–Crippen LogP) is 0.581. The lowest BCUT2D eigenvalue weighted by atomic mass is 10.5. The standard InChI is InChI=1S/C9H18N4/c1-4-10-5-8-6-11-9(12-8)7-13(2)3/h6,10H,4-5,7H2,1-3H3,(H,11,12). The van der Waals surface area contributed by atoms with E-state index in [0.29, 0.717) is 0 Å². The van der Waals surface area contributed by atoms with Gasteiger partial charge in [0.25, 0.3) is 0 Å². The number of hydrogen-bond donors (Lipinski definition) is 2. The minimum absolute atomic E-state index is 0.867. The summed E-state index contributed by atoms with van der Waals surface area (Å²) < 4.78 is 0. The molecule has 0 saturated heterocycles. The van der Waals surface area contributed by atoms with Gasteiger partial charge in [-0.25, -0.2) is 4.98 Å². The van der Waals surface area contributed by atoms with Gasteiger partial charge in [0, 0.05) is 18.4 Å². The zero-order chi connectivity index (χ0) is 9.68. The van der Waals surface area contributed by atoms with E-state index in [0.717, 1.165) is 31.2 Å². The van der Waals surface area contributed by atoms with Gasteiger partial charge in [0.15, 0.2) is 0 Å². The van der Waals surface area contributed by atoms with E-state index >= 15 is 0 Å². The number of rotatable bonds is 5. The average molecular weight is 182 g/mol. The van der Waals surface area contributed by atoms with Crippen LogP contribution in [0.2, 0.25) is 0 Å². The molecule has 1 rings (SSSR count). The Bertz CT molecular complexity index is 242. The molecule has 0 unspecified atom stereocenters. The maximum absolute atomic E-state index is 4.27. The molecule has 0 aliphatic rings. The first-order chi connectivity index (χ1) is 6.22. The van der Waals surface area contributed by atoms with Crippen LogP contribution in [-0.4, -0.2) is 35.5 Å². The van der Waals surface area contributed by atoms with Crippen molar-refractivity contribution in [2.45, 2.75) is 20.0 Å². The highest BCUT2D eigenvalue weighted by Gasteiger charge is 2.00. The van der Waals surface area contributed by atoms with E-state index < -0.39 is 0 Å². The van der Waals surface area contributed by atoms with Crippen LogP contribution in [0.3, 0.4) is 0 Å². The van der Waals surface area contributed by atoms with Crippen LogP contribution >= 0.6 is 0 Å². The fraction of sp³-hybridized carbons (Fsp3) is 0.667. The molecule has 0 atom stereocenters. The number of hydrogen-bond acceptors (Lipinski definition) is 3. The summed E-state index contributed by atoms with van der Waals surface area (Å²) in [5.74, 6) is 1.03. The van der Waals surface area contributed by atoms with Crippen molar-refractivity contribution >= 4 is 0 Å². The van der Waals surface area contributed by atoms with Gasteiger partial charge in [-0.15, -0.1) is 0 Å². The third-order valence-electron chi connectivity index (χ3n) is 1.71. The summed E-state index contributed by atoms with van der Waals surface area (Å²) in [4.78, 5) is 9.63. The summed E-state index contributed by atoms with van der Waals surface area (Å²) in [6, 6.07) is 0. The summed E-state index contributed by atoms with van der Waals surface area (Å²) in [6.45, 7) is 4.82. The summed E-state index contributed by atoms with van der Waals surface area (Å²) >= 11 is 0. The van der Waals surface area contributed by atoms with Crippen LogP contribution in [0.25, 0.3) is 0 Å². The molecule has 1 heterocycles. The van der Waals surface area contributed by atoms with Gasteiger partial charge in [0.2, 0.25) is 0 Å². The van der Waals surface area contributed by atoms with Crippen molar-refractivity contribution < 1.29 is 0 Å². The Balaban J connectivity index is 2.44. The van der Waals surface area contributed by atoms with E-state index in [-0.39, 0.29) is 0 Å². The first-order valence-corrected chi connectivity index (χ1v) is 4.60. The SMILES string of the molecule is CCNCc1cnc(CN(C)C)[nH]1. The third kappa shape index (κ3) is 3.57. The van der Waals surface area contributed by atoms with Gasteiger partial charge in [-0.05, 0) is 20.6 Å². The Morgan fingerprint density at radius 2 is 2.31 bits per heavy atom.